The Hall–Kier alpha value is -3.14. The van der Waals surface area contributed by atoms with Gasteiger partial charge in [0, 0.05) is 15.7 Å². The zero-order chi connectivity index (χ0) is 21.8. The highest BCUT2D eigenvalue weighted by Crippen LogP contribution is 2.32. The standard InChI is InChI=1S/C18H13Cl3N6O3/c1-9-2-4-11(7-13(9)20)24-16-15(27(29)30)17(23-8-22-16)25-26-18(28)12-5-3-10(19)6-14(12)21/h2-8H,1H3,(H,26,28)(H2,22,23,24,25). The van der Waals surface area contributed by atoms with E-state index in [9.17, 15) is 14.9 Å². The minimum Gasteiger partial charge on any atom is -0.334 e. The molecule has 12 heteroatoms. The van der Waals surface area contributed by atoms with Crippen molar-refractivity contribution in [3.63, 3.8) is 0 Å². The molecule has 0 saturated carbocycles. The third-order valence-corrected chi connectivity index (χ3v) is 4.86. The number of aryl methyl sites for hydroxylation is 1. The van der Waals surface area contributed by atoms with Crippen molar-refractivity contribution in [2.24, 2.45) is 0 Å². The Morgan fingerprint density at radius 2 is 1.77 bits per heavy atom. The second-order valence-corrected chi connectivity index (χ2v) is 7.22. The smallest absolute Gasteiger partial charge is 0.334 e. The van der Waals surface area contributed by atoms with Crippen LogP contribution in [0.3, 0.4) is 0 Å². The van der Waals surface area contributed by atoms with Crippen LogP contribution < -0.4 is 16.2 Å². The molecule has 9 nitrogen and oxygen atoms in total. The molecule has 1 amide bonds. The van der Waals surface area contributed by atoms with E-state index in [0.29, 0.717) is 15.7 Å². The molecule has 0 unspecified atom stereocenters. The van der Waals surface area contributed by atoms with E-state index < -0.39 is 16.5 Å². The summed E-state index contributed by atoms with van der Waals surface area (Å²) in [7, 11) is 0. The Morgan fingerprint density at radius 3 is 2.43 bits per heavy atom. The van der Waals surface area contributed by atoms with E-state index >= 15 is 0 Å². The van der Waals surface area contributed by atoms with Gasteiger partial charge in [-0.15, -0.1) is 0 Å². The van der Waals surface area contributed by atoms with E-state index in [1.807, 2.05) is 6.92 Å². The molecule has 0 aliphatic rings. The van der Waals surface area contributed by atoms with Crippen LogP contribution in [-0.4, -0.2) is 20.8 Å². The van der Waals surface area contributed by atoms with Crippen LogP contribution in [0, 0.1) is 17.0 Å². The Morgan fingerprint density at radius 1 is 1.03 bits per heavy atom. The van der Waals surface area contributed by atoms with E-state index in [1.165, 1.54) is 18.2 Å². The lowest BCUT2D eigenvalue weighted by Crippen LogP contribution is -2.30. The number of nitrogens with zero attached hydrogens (tertiary/aromatic N) is 3. The van der Waals surface area contributed by atoms with Crippen LogP contribution in [0.15, 0.2) is 42.7 Å². The number of benzene rings is 2. The first-order chi connectivity index (χ1) is 14.3. The SMILES string of the molecule is Cc1ccc(Nc2ncnc(NNC(=O)c3ccc(Cl)cc3Cl)c2[N+](=O)[O-])cc1Cl. The molecule has 0 saturated heterocycles. The molecule has 30 heavy (non-hydrogen) atoms. The fraction of sp³-hybridized carbons (Fsp3) is 0.0556. The highest BCUT2D eigenvalue weighted by atomic mass is 35.5. The second kappa shape index (κ2) is 9.12. The van der Waals surface area contributed by atoms with Crippen LogP contribution in [0.1, 0.15) is 15.9 Å². The Kier molecular flexibility index (Phi) is 6.56. The summed E-state index contributed by atoms with van der Waals surface area (Å²) >= 11 is 17.9. The number of hydrogen-bond acceptors (Lipinski definition) is 7. The number of carbonyl (C=O) groups is 1. The summed E-state index contributed by atoms with van der Waals surface area (Å²) in [6.45, 7) is 1.83. The van der Waals surface area contributed by atoms with Crippen LogP contribution in [0.4, 0.5) is 23.0 Å². The number of aromatic nitrogens is 2. The lowest BCUT2D eigenvalue weighted by atomic mass is 10.2. The Labute approximate surface area is 185 Å². The van der Waals surface area contributed by atoms with Crippen molar-refractivity contribution >= 4 is 63.7 Å². The van der Waals surface area contributed by atoms with Gasteiger partial charge in [-0.3, -0.25) is 25.8 Å². The zero-order valence-electron chi connectivity index (χ0n) is 15.2. The number of anilines is 3. The molecular weight excluding hydrogens is 455 g/mol. The van der Waals surface area contributed by atoms with Crippen molar-refractivity contribution in [2.45, 2.75) is 6.92 Å². The highest BCUT2D eigenvalue weighted by Gasteiger charge is 2.24. The van der Waals surface area contributed by atoms with E-state index in [-0.39, 0.29) is 22.2 Å². The summed E-state index contributed by atoms with van der Waals surface area (Å²) in [6, 6.07) is 9.38. The van der Waals surface area contributed by atoms with E-state index in [2.05, 4.69) is 26.1 Å². The zero-order valence-corrected chi connectivity index (χ0v) is 17.5. The first-order valence-electron chi connectivity index (χ1n) is 8.30. The number of amides is 1. The predicted molar refractivity (Wildman–Crippen MR) is 116 cm³/mol. The van der Waals surface area contributed by atoms with Crippen LogP contribution in [0.2, 0.25) is 15.1 Å². The number of hydrazine groups is 1. The van der Waals surface area contributed by atoms with Crippen molar-refractivity contribution in [3.05, 3.63) is 79.0 Å². The van der Waals surface area contributed by atoms with Gasteiger partial charge in [-0.05, 0) is 42.8 Å². The molecule has 0 atom stereocenters. The molecule has 0 fully saturated rings. The quantitative estimate of drug-likeness (QED) is 0.338. The van der Waals surface area contributed by atoms with Crippen molar-refractivity contribution in [2.75, 3.05) is 10.7 Å². The maximum absolute atomic E-state index is 12.3. The Balaban J connectivity index is 1.84. The first kappa shape index (κ1) is 21.6. The first-order valence-corrected chi connectivity index (χ1v) is 9.43. The number of carbonyl (C=O) groups excluding carboxylic acids is 1. The largest absolute Gasteiger partial charge is 0.355 e. The molecule has 0 bridgehead atoms. The summed E-state index contributed by atoms with van der Waals surface area (Å²) in [5, 5.41) is 15.4. The number of hydrogen-bond donors (Lipinski definition) is 3. The van der Waals surface area contributed by atoms with Gasteiger partial charge in [0.05, 0.1) is 15.5 Å². The maximum Gasteiger partial charge on any atom is 0.355 e. The molecule has 3 aromatic rings. The molecule has 1 aromatic heterocycles. The molecule has 2 aromatic carbocycles. The average Bonchev–Trinajstić information content (AvgIpc) is 2.68. The monoisotopic (exact) mass is 466 g/mol. The molecule has 1 heterocycles. The fourth-order valence-corrected chi connectivity index (χ4v) is 3.07. The molecule has 0 aliphatic heterocycles. The van der Waals surface area contributed by atoms with Crippen molar-refractivity contribution < 1.29 is 9.72 Å². The fourth-order valence-electron chi connectivity index (χ4n) is 2.40. The van der Waals surface area contributed by atoms with Gasteiger partial charge in [0.25, 0.3) is 5.91 Å². The van der Waals surface area contributed by atoms with Gasteiger partial charge in [-0.1, -0.05) is 40.9 Å². The number of nitrogens with one attached hydrogen (secondary N) is 3. The van der Waals surface area contributed by atoms with E-state index in [1.54, 1.807) is 18.2 Å². The average molecular weight is 468 g/mol. The molecule has 3 N–H and O–H groups in total. The third kappa shape index (κ3) is 4.88. The topological polar surface area (TPSA) is 122 Å². The van der Waals surface area contributed by atoms with Crippen LogP contribution >= 0.6 is 34.8 Å². The summed E-state index contributed by atoms with van der Waals surface area (Å²) in [5.74, 6) is -0.949. The minimum absolute atomic E-state index is 0.0869. The van der Waals surface area contributed by atoms with Gasteiger partial charge < -0.3 is 5.32 Å². The van der Waals surface area contributed by atoms with Gasteiger partial charge in [-0.25, -0.2) is 9.97 Å². The lowest BCUT2D eigenvalue weighted by Gasteiger charge is -2.12. The van der Waals surface area contributed by atoms with Crippen molar-refractivity contribution in [3.8, 4) is 0 Å². The van der Waals surface area contributed by atoms with Gasteiger partial charge in [0.1, 0.15) is 6.33 Å². The van der Waals surface area contributed by atoms with Gasteiger partial charge >= 0.3 is 5.69 Å². The predicted octanol–water partition coefficient (Wildman–Crippen LogP) is 5.15. The van der Waals surface area contributed by atoms with Gasteiger partial charge in [-0.2, -0.15) is 0 Å². The summed E-state index contributed by atoms with van der Waals surface area (Å²) < 4.78 is 0. The summed E-state index contributed by atoms with van der Waals surface area (Å²) in [6.07, 6.45) is 1.11. The normalized spacial score (nSPS) is 10.4. The van der Waals surface area contributed by atoms with Gasteiger partial charge in [0.2, 0.25) is 11.6 Å². The molecule has 0 spiro atoms. The van der Waals surface area contributed by atoms with Crippen molar-refractivity contribution in [1.29, 1.82) is 0 Å². The summed E-state index contributed by atoms with van der Waals surface area (Å²) in [5.41, 5.74) is 5.75. The van der Waals surface area contributed by atoms with Crippen molar-refractivity contribution in [1.82, 2.24) is 15.4 Å². The minimum atomic E-state index is -0.679. The van der Waals surface area contributed by atoms with Crippen LogP contribution in [0.5, 0.6) is 0 Å². The molecule has 154 valence electrons. The second-order valence-electron chi connectivity index (χ2n) is 5.97. The Bertz CT molecular complexity index is 1140. The number of rotatable bonds is 6. The van der Waals surface area contributed by atoms with E-state index in [4.69, 9.17) is 34.8 Å². The van der Waals surface area contributed by atoms with E-state index in [0.717, 1.165) is 11.9 Å². The summed E-state index contributed by atoms with van der Waals surface area (Å²) in [4.78, 5) is 31.0. The lowest BCUT2D eigenvalue weighted by molar-refractivity contribution is -0.383. The number of nitro groups is 1. The molecule has 3 rings (SSSR count). The highest BCUT2D eigenvalue weighted by molar-refractivity contribution is 6.36. The van der Waals surface area contributed by atoms with Gasteiger partial charge in [0.15, 0.2) is 0 Å². The van der Waals surface area contributed by atoms with Crippen LogP contribution in [0.25, 0.3) is 0 Å². The molecular formula is C18H13Cl3N6O3. The third-order valence-electron chi connectivity index (χ3n) is 3.91. The molecule has 0 radical (unpaired) electrons. The molecule has 0 aliphatic carbocycles. The van der Waals surface area contributed by atoms with Crippen LogP contribution in [-0.2, 0) is 0 Å². The maximum atomic E-state index is 12.3. The number of halogens is 3.